The highest BCUT2D eigenvalue weighted by molar-refractivity contribution is 5.99. The van der Waals surface area contributed by atoms with Gasteiger partial charge in [-0.1, -0.05) is 18.2 Å². The van der Waals surface area contributed by atoms with Crippen LogP contribution in [0.4, 0.5) is 0 Å². The monoisotopic (exact) mass is 341 g/mol. The number of carbonyl (C=O) groups is 2. The van der Waals surface area contributed by atoms with Gasteiger partial charge in [0.1, 0.15) is 11.4 Å². The standard InChI is InChI=1S/C20H23NO4/c1-3-25-20(23)16-12-14-8-4-6-10-17(22)19(14)21(16)13-15-9-5-7-11-18(15)24-2/h5,7,9,11-12H,3-4,6,8,10,13H2,1-2H3. The van der Waals surface area contributed by atoms with Crippen LogP contribution in [0.25, 0.3) is 0 Å². The molecule has 0 unspecified atom stereocenters. The second kappa shape index (κ2) is 7.55. The van der Waals surface area contributed by atoms with Crippen LogP contribution >= 0.6 is 0 Å². The lowest BCUT2D eigenvalue weighted by Gasteiger charge is -2.15. The normalized spacial score (nSPS) is 13.9. The number of carbonyl (C=O) groups excluding carboxylic acids is 2. The molecule has 5 nitrogen and oxygen atoms in total. The highest BCUT2D eigenvalue weighted by Crippen LogP contribution is 2.28. The van der Waals surface area contributed by atoms with E-state index in [1.54, 1.807) is 18.6 Å². The summed E-state index contributed by atoms with van der Waals surface area (Å²) in [5.41, 5.74) is 2.95. The van der Waals surface area contributed by atoms with Crippen molar-refractivity contribution in [1.29, 1.82) is 0 Å². The predicted octanol–water partition coefficient (Wildman–Crippen LogP) is 3.63. The average molecular weight is 341 g/mol. The first-order valence-corrected chi connectivity index (χ1v) is 8.70. The van der Waals surface area contributed by atoms with Crippen LogP contribution in [0.15, 0.2) is 30.3 Å². The molecule has 0 N–H and O–H groups in total. The number of hydrogen-bond donors (Lipinski definition) is 0. The van der Waals surface area contributed by atoms with E-state index in [0.717, 1.165) is 36.1 Å². The second-order valence-corrected chi connectivity index (χ2v) is 6.15. The number of ketones is 1. The van der Waals surface area contributed by atoms with Crippen molar-refractivity contribution in [2.45, 2.75) is 39.2 Å². The van der Waals surface area contributed by atoms with Crippen molar-refractivity contribution >= 4 is 11.8 Å². The van der Waals surface area contributed by atoms with Gasteiger partial charge in [0.15, 0.2) is 5.78 Å². The zero-order valence-corrected chi connectivity index (χ0v) is 14.7. The second-order valence-electron chi connectivity index (χ2n) is 6.15. The Hall–Kier alpha value is -2.56. The van der Waals surface area contributed by atoms with Gasteiger partial charge in [0.2, 0.25) is 0 Å². The Morgan fingerprint density at radius 3 is 2.72 bits per heavy atom. The van der Waals surface area contributed by atoms with Gasteiger partial charge in [-0.15, -0.1) is 0 Å². The van der Waals surface area contributed by atoms with Gasteiger partial charge in [0, 0.05) is 12.0 Å². The average Bonchev–Trinajstić information content (AvgIpc) is 2.87. The van der Waals surface area contributed by atoms with Gasteiger partial charge in [-0.2, -0.15) is 0 Å². The molecule has 0 saturated heterocycles. The predicted molar refractivity (Wildman–Crippen MR) is 94.4 cm³/mol. The molecule has 1 aliphatic rings. The zero-order chi connectivity index (χ0) is 17.8. The molecule has 0 saturated carbocycles. The van der Waals surface area contributed by atoms with Crippen molar-refractivity contribution in [3.63, 3.8) is 0 Å². The maximum atomic E-state index is 12.7. The molecule has 0 spiro atoms. The van der Waals surface area contributed by atoms with E-state index >= 15 is 0 Å². The van der Waals surface area contributed by atoms with Crippen LogP contribution < -0.4 is 4.74 Å². The lowest BCUT2D eigenvalue weighted by molar-refractivity contribution is 0.0514. The highest BCUT2D eigenvalue weighted by Gasteiger charge is 2.27. The number of methoxy groups -OCH3 is 1. The van der Waals surface area contributed by atoms with Gasteiger partial charge in [-0.25, -0.2) is 4.79 Å². The first kappa shape index (κ1) is 17.3. The first-order valence-electron chi connectivity index (χ1n) is 8.70. The molecule has 2 aromatic rings. The lowest BCUT2D eigenvalue weighted by Crippen LogP contribution is -2.17. The molecule has 0 bridgehead atoms. The SMILES string of the molecule is CCOC(=O)c1cc2c(n1Cc1ccccc1OC)C(=O)CCCC2. The summed E-state index contributed by atoms with van der Waals surface area (Å²) in [6, 6.07) is 9.47. The Balaban J connectivity index is 2.10. The molecule has 0 atom stereocenters. The van der Waals surface area contributed by atoms with E-state index in [1.807, 2.05) is 30.3 Å². The van der Waals surface area contributed by atoms with Crippen LogP contribution in [-0.2, 0) is 17.7 Å². The van der Waals surface area contributed by atoms with Crippen LogP contribution in [0.5, 0.6) is 5.75 Å². The lowest BCUT2D eigenvalue weighted by atomic mass is 10.1. The van der Waals surface area contributed by atoms with Crippen LogP contribution in [0.1, 0.15) is 58.3 Å². The molecule has 5 heteroatoms. The summed E-state index contributed by atoms with van der Waals surface area (Å²) in [7, 11) is 1.62. The van der Waals surface area contributed by atoms with Gasteiger partial charge < -0.3 is 14.0 Å². The molecule has 1 aromatic carbocycles. The van der Waals surface area contributed by atoms with Crippen LogP contribution in [0, 0.1) is 0 Å². The largest absolute Gasteiger partial charge is 0.496 e. The van der Waals surface area contributed by atoms with Crippen molar-refractivity contribution in [3.8, 4) is 5.75 Å². The maximum Gasteiger partial charge on any atom is 0.354 e. The third-order valence-electron chi connectivity index (χ3n) is 4.55. The van der Waals surface area contributed by atoms with Crippen molar-refractivity contribution in [2.24, 2.45) is 0 Å². The quantitative estimate of drug-likeness (QED) is 0.615. The number of fused-ring (bicyclic) bond motifs is 1. The van der Waals surface area contributed by atoms with E-state index in [1.165, 1.54) is 0 Å². The summed E-state index contributed by atoms with van der Waals surface area (Å²) < 4.78 is 12.4. The number of aromatic nitrogens is 1. The number of ether oxygens (including phenoxy) is 2. The minimum absolute atomic E-state index is 0.0953. The molecule has 0 radical (unpaired) electrons. The molecule has 1 heterocycles. The number of Topliss-reactive ketones (excluding diaryl/α,β-unsaturated/α-hetero) is 1. The van der Waals surface area contributed by atoms with Gasteiger partial charge in [-0.3, -0.25) is 4.79 Å². The number of rotatable bonds is 5. The molecule has 3 rings (SSSR count). The Bertz CT molecular complexity index is 791. The fourth-order valence-electron chi connectivity index (χ4n) is 3.39. The Labute approximate surface area is 147 Å². The number of para-hydroxylation sites is 1. The molecular formula is C20H23NO4. The molecule has 132 valence electrons. The minimum Gasteiger partial charge on any atom is -0.496 e. The minimum atomic E-state index is -0.390. The van der Waals surface area contributed by atoms with E-state index in [-0.39, 0.29) is 5.78 Å². The fourth-order valence-corrected chi connectivity index (χ4v) is 3.39. The number of benzene rings is 1. The fraction of sp³-hybridized carbons (Fsp3) is 0.400. The van der Waals surface area contributed by atoms with Crippen LogP contribution in [0.2, 0.25) is 0 Å². The Morgan fingerprint density at radius 2 is 1.96 bits per heavy atom. The molecule has 1 aliphatic carbocycles. The first-order chi connectivity index (χ1) is 12.2. The summed E-state index contributed by atoms with van der Waals surface area (Å²) in [5, 5.41) is 0. The van der Waals surface area contributed by atoms with E-state index in [2.05, 4.69) is 0 Å². The van der Waals surface area contributed by atoms with Crippen molar-refractivity contribution in [3.05, 3.63) is 52.8 Å². The summed E-state index contributed by atoms with van der Waals surface area (Å²) in [5.74, 6) is 0.442. The summed E-state index contributed by atoms with van der Waals surface area (Å²) in [6.07, 6.45) is 3.17. The van der Waals surface area contributed by atoms with Crippen molar-refractivity contribution in [1.82, 2.24) is 4.57 Å². The third-order valence-corrected chi connectivity index (χ3v) is 4.55. The van der Waals surface area contributed by atoms with Crippen LogP contribution in [0.3, 0.4) is 0 Å². The number of aryl methyl sites for hydroxylation is 1. The Morgan fingerprint density at radius 1 is 1.20 bits per heavy atom. The van der Waals surface area contributed by atoms with Crippen LogP contribution in [-0.4, -0.2) is 30.0 Å². The molecule has 0 fully saturated rings. The van der Waals surface area contributed by atoms with E-state index < -0.39 is 5.97 Å². The molecule has 25 heavy (non-hydrogen) atoms. The molecular weight excluding hydrogens is 318 g/mol. The molecule has 0 aliphatic heterocycles. The van der Waals surface area contributed by atoms with Gasteiger partial charge in [0.05, 0.1) is 26.0 Å². The van der Waals surface area contributed by atoms with Gasteiger partial charge >= 0.3 is 5.97 Å². The number of esters is 1. The molecule has 0 amide bonds. The summed E-state index contributed by atoms with van der Waals surface area (Å²) in [6.45, 7) is 2.48. The number of hydrogen-bond acceptors (Lipinski definition) is 4. The van der Waals surface area contributed by atoms with E-state index in [4.69, 9.17) is 9.47 Å². The van der Waals surface area contributed by atoms with Crippen molar-refractivity contribution in [2.75, 3.05) is 13.7 Å². The van der Waals surface area contributed by atoms with Gasteiger partial charge in [0.25, 0.3) is 0 Å². The maximum absolute atomic E-state index is 12.7. The van der Waals surface area contributed by atoms with Gasteiger partial charge in [-0.05, 0) is 43.9 Å². The molecule has 1 aromatic heterocycles. The summed E-state index contributed by atoms with van der Waals surface area (Å²) in [4.78, 5) is 25.1. The third kappa shape index (κ3) is 3.45. The smallest absolute Gasteiger partial charge is 0.354 e. The van der Waals surface area contributed by atoms with E-state index in [0.29, 0.717) is 31.0 Å². The zero-order valence-electron chi connectivity index (χ0n) is 14.7. The highest BCUT2D eigenvalue weighted by atomic mass is 16.5. The van der Waals surface area contributed by atoms with E-state index in [9.17, 15) is 9.59 Å². The topological polar surface area (TPSA) is 57.5 Å². The Kier molecular flexibility index (Phi) is 5.22. The van der Waals surface area contributed by atoms with Crippen molar-refractivity contribution < 1.29 is 19.1 Å². The summed E-state index contributed by atoms with van der Waals surface area (Å²) >= 11 is 0. The number of nitrogens with zero attached hydrogens (tertiary/aromatic N) is 1.